The van der Waals surface area contributed by atoms with E-state index in [1.165, 1.54) is 11.3 Å². The van der Waals surface area contributed by atoms with Gasteiger partial charge in [-0.1, -0.05) is 30.3 Å². The number of aromatic nitrogens is 2. The molecule has 0 bridgehead atoms. The van der Waals surface area contributed by atoms with Crippen molar-refractivity contribution < 1.29 is 9.59 Å². The first-order valence-corrected chi connectivity index (χ1v) is 8.66. The van der Waals surface area contributed by atoms with Gasteiger partial charge in [0.15, 0.2) is 5.69 Å². The van der Waals surface area contributed by atoms with E-state index in [1.807, 2.05) is 44.2 Å². The average molecular weight is 354 g/mol. The highest BCUT2D eigenvalue weighted by Gasteiger charge is 2.19. The number of carbonyl (C=O) groups excluding carboxylic acids is 2. The molecule has 0 aliphatic rings. The molecule has 6 nitrogen and oxygen atoms in total. The van der Waals surface area contributed by atoms with Crippen LogP contribution in [0.25, 0.3) is 10.4 Å². The van der Waals surface area contributed by atoms with Crippen molar-refractivity contribution >= 4 is 28.2 Å². The first kappa shape index (κ1) is 16.9. The number of benzene rings is 1. The zero-order chi connectivity index (χ0) is 18.0. The van der Waals surface area contributed by atoms with Crippen molar-refractivity contribution in [2.45, 2.75) is 20.4 Å². The van der Waals surface area contributed by atoms with Gasteiger partial charge in [-0.25, -0.2) is 0 Å². The molecule has 128 valence electrons. The molecular formula is C18H18N4O2S. The number of rotatable bonds is 5. The number of nitrogens with two attached hydrogens (primary N) is 1. The lowest BCUT2D eigenvalue weighted by Gasteiger charge is -2.02. The Morgan fingerprint density at radius 1 is 1.24 bits per heavy atom. The van der Waals surface area contributed by atoms with Gasteiger partial charge in [0.05, 0.1) is 5.56 Å². The van der Waals surface area contributed by atoms with Crippen molar-refractivity contribution in [1.82, 2.24) is 9.78 Å². The molecule has 25 heavy (non-hydrogen) atoms. The molecule has 0 radical (unpaired) electrons. The van der Waals surface area contributed by atoms with Gasteiger partial charge in [-0.15, -0.1) is 11.3 Å². The van der Waals surface area contributed by atoms with Gasteiger partial charge in [0.2, 0.25) is 0 Å². The van der Waals surface area contributed by atoms with Crippen molar-refractivity contribution in [3.05, 3.63) is 59.4 Å². The Morgan fingerprint density at radius 3 is 2.56 bits per heavy atom. The third kappa shape index (κ3) is 3.46. The largest absolute Gasteiger partial charge is 0.366 e. The normalized spacial score (nSPS) is 10.6. The Labute approximate surface area is 149 Å². The molecule has 0 aliphatic heterocycles. The predicted octanol–water partition coefficient (Wildman–Crippen LogP) is 3.29. The minimum atomic E-state index is -0.580. The van der Waals surface area contributed by atoms with Crippen LogP contribution < -0.4 is 11.1 Å². The number of hydrogen-bond acceptors (Lipinski definition) is 4. The van der Waals surface area contributed by atoms with Crippen LogP contribution in [-0.4, -0.2) is 21.6 Å². The third-order valence-corrected chi connectivity index (χ3v) is 4.90. The number of nitrogens with one attached hydrogen (secondary N) is 1. The zero-order valence-electron chi connectivity index (χ0n) is 13.9. The molecule has 7 heteroatoms. The lowest BCUT2D eigenvalue weighted by molar-refractivity contribution is 0.100. The summed E-state index contributed by atoms with van der Waals surface area (Å²) in [5.41, 5.74) is 7.93. The van der Waals surface area contributed by atoms with Crippen LogP contribution in [0.15, 0.2) is 42.5 Å². The van der Waals surface area contributed by atoms with E-state index in [1.54, 1.807) is 16.8 Å². The molecule has 0 aliphatic carbocycles. The minimum Gasteiger partial charge on any atom is -0.366 e. The van der Waals surface area contributed by atoms with Gasteiger partial charge in [0.25, 0.3) is 11.8 Å². The third-order valence-electron chi connectivity index (χ3n) is 3.80. The van der Waals surface area contributed by atoms with Crippen LogP contribution in [0.4, 0.5) is 5.00 Å². The summed E-state index contributed by atoms with van der Waals surface area (Å²) in [6, 6.07) is 13.0. The van der Waals surface area contributed by atoms with E-state index < -0.39 is 5.91 Å². The van der Waals surface area contributed by atoms with Crippen LogP contribution in [0.3, 0.4) is 0 Å². The van der Waals surface area contributed by atoms with Gasteiger partial charge in [-0.2, -0.15) is 5.10 Å². The molecule has 0 atom stereocenters. The standard InChI is InChI=1S/C18H18N4O2S/c1-3-22-11(2)9-14(21-22)17(24)20-18-13(16(19)23)10-15(25-18)12-7-5-4-6-8-12/h4-10H,3H2,1-2H3,(H2,19,23)(H,20,24). The number of carbonyl (C=O) groups is 2. The Hall–Kier alpha value is -2.93. The lowest BCUT2D eigenvalue weighted by atomic mass is 10.1. The van der Waals surface area contributed by atoms with Crippen molar-refractivity contribution in [2.75, 3.05) is 5.32 Å². The van der Waals surface area contributed by atoms with Crippen LogP contribution >= 0.6 is 11.3 Å². The van der Waals surface area contributed by atoms with Gasteiger partial charge >= 0.3 is 0 Å². The zero-order valence-corrected chi connectivity index (χ0v) is 14.8. The van der Waals surface area contributed by atoms with Crippen molar-refractivity contribution in [3.8, 4) is 10.4 Å². The van der Waals surface area contributed by atoms with Crippen LogP contribution in [0, 0.1) is 6.92 Å². The summed E-state index contributed by atoms with van der Waals surface area (Å²) >= 11 is 1.31. The number of nitrogens with zero attached hydrogens (tertiary/aromatic N) is 2. The van der Waals surface area contributed by atoms with E-state index in [2.05, 4.69) is 10.4 Å². The summed E-state index contributed by atoms with van der Waals surface area (Å²) in [4.78, 5) is 25.1. The number of thiophene rings is 1. The summed E-state index contributed by atoms with van der Waals surface area (Å²) in [6.07, 6.45) is 0. The van der Waals surface area contributed by atoms with Gasteiger partial charge in [-0.05, 0) is 31.5 Å². The quantitative estimate of drug-likeness (QED) is 0.737. The second kappa shape index (κ2) is 6.90. The fourth-order valence-corrected chi connectivity index (χ4v) is 3.58. The predicted molar refractivity (Wildman–Crippen MR) is 98.9 cm³/mol. The van der Waals surface area contributed by atoms with Crippen molar-refractivity contribution in [2.24, 2.45) is 5.73 Å². The average Bonchev–Trinajstić information content (AvgIpc) is 3.19. The summed E-state index contributed by atoms with van der Waals surface area (Å²) in [5, 5.41) is 7.45. The number of hydrogen-bond donors (Lipinski definition) is 2. The molecule has 2 aromatic heterocycles. The smallest absolute Gasteiger partial charge is 0.276 e. The summed E-state index contributed by atoms with van der Waals surface area (Å²) in [7, 11) is 0. The maximum absolute atomic E-state index is 12.5. The molecule has 3 aromatic rings. The first-order valence-electron chi connectivity index (χ1n) is 7.84. The number of anilines is 1. The lowest BCUT2D eigenvalue weighted by Crippen LogP contribution is -2.17. The van der Waals surface area contributed by atoms with Crippen molar-refractivity contribution in [3.63, 3.8) is 0 Å². The first-order chi connectivity index (χ1) is 12.0. The molecule has 3 N–H and O–H groups in total. The monoisotopic (exact) mass is 354 g/mol. The molecule has 3 rings (SSSR count). The minimum absolute atomic E-state index is 0.295. The van der Waals surface area contributed by atoms with Crippen LogP contribution in [0.5, 0.6) is 0 Å². The van der Waals surface area contributed by atoms with Gasteiger partial charge in [-0.3, -0.25) is 14.3 Å². The second-order valence-corrected chi connectivity index (χ2v) is 6.58. The van der Waals surface area contributed by atoms with Gasteiger partial charge in [0, 0.05) is 17.1 Å². The van der Waals surface area contributed by atoms with E-state index in [9.17, 15) is 9.59 Å². The van der Waals surface area contributed by atoms with Crippen molar-refractivity contribution in [1.29, 1.82) is 0 Å². The van der Waals surface area contributed by atoms with Crippen LogP contribution in [0.1, 0.15) is 33.5 Å². The maximum atomic E-state index is 12.5. The number of amides is 2. The van der Waals surface area contributed by atoms with E-state index >= 15 is 0 Å². The number of primary amides is 1. The molecule has 0 saturated heterocycles. The molecular weight excluding hydrogens is 336 g/mol. The summed E-state index contributed by atoms with van der Waals surface area (Å²) in [6.45, 7) is 4.53. The SMILES string of the molecule is CCn1nc(C(=O)Nc2sc(-c3ccccc3)cc2C(N)=O)cc1C. The summed E-state index contributed by atoms with van der Waals surface area (Å²) in [5.74, 6) is -0.941. The van der Waals surface area contributed by atoms with E-state index in [0.717, 1.165) is 16.1 Å². The highest BCUT2D eigenvalue weighted by molar-refractivity contribution is 7.20. The second-order valence-electron chi connectivity index (χ2n) is 5.52. The van der Waals surface area contributed by atoms with E-state index in [0.29, 0.717) is 22.8 Å². The molecule has 2 amide bonds. The molecule has 1 aromatic carbocycles. The Bertz CT molecular complexity index is 928. The molecule has 0 saturated carbocycles. The maximum Gasteiger partial charge on any atom is 0.276 e. The molecule has 0 unspecified atom stereocenters. The van der Waals surface area contributed by atoms with Gasteiger partial charge in [0.1, 0.15) is 5.00 Å². The fraction of sp³-hybridized carbons (Fsp3) is 0.167. The van der Waals surface area contributed by atoms with Crippen LogP contribution in [0.2, 0.25) is 0 Å². The molecule has 0 fully saturated rings. The molecule has 2 heterocycles. The highest BCUT2D eigenvalue weighted by atomic mass is 32.1. The van der Waals surface area contributed by atoms with Gasteiger partial charge < -0.3 is 11.1 Å². The highest BCUT2D eigenvalue weighted by Crippen LogP contribution is 2.35. The Morgan fingerprint density at radius 2 is 1.96 bits per heavy atom. The fourth-order valence-electron chi connectivity index (χ4n) is 2.52. The topological polar surface area (TPSA) is 90.0 Å². The number of aryl methyl sites for hydroxylation is 2. The Balaban J connectivity index is 1.92. The molecule has 0 spiro atoms. The Kier molecular flexibility index (Phi) is 4.67. The van der Waals surface area contributed by atoms with E-state index in [-0.39, 0.29) is 5.91 Å². The summed E-state index contributed by atoms with van der Waals surface area (Å²) < 4.78 is 1.74. The van der Waals surface area contributed by atoms with E-state index in [4.69, 9.17) is 5.73 Å². The van der Waals surface area contributed by atoms with Crippen LogP contribution in [-0.2, 0) is 6.54 Å².